The molecule has 0 radical (unpaired) electrons. The molecular formula is C19H14N4OS2. The van der Waals surface area contributed by atoms with Crippen LogP contribution >= 0.6 is 22.7 Å². The van der Waals surface area contributed by atoms with E-state index in [1.165, 1.54) is 29.1 Å². The second-order valence-corrected chi connectivity index (χ2v) is 8.19. The van der Waals surface area contributed by atoms with Crippen molar-refractivity contribution in [1.29, 1.82) is 0 Å². The van der Waals surface area contributed by atoms with Gasteiger partial charge in [-0.15, -0.1) is 22.7 Å². The Kier molecular flexibility index (Phi) is 3.76. The molecule has 1 aliphatic rings. The first-order chi connectivity index (χ1) is 12.8. The maximum Gasteiger partial charge on any atom is 0.266 e. The Morgan fingerprint density at radius 2 is 2.04 bits per heavy atom. The van der Waals surface area contributed by atoms with Crippen molar-refractivity contribution in [2.75, 3.05) is 5.32 Å². The number of pyridine rings is 1. The molecule has 1 N–H and O–H groups in total. The number of anilines is 1. The normalized spacial score (nSPS) is 13.8. The van der Waals surface area contributed by atoms with E-state index in [0.717, 1.165) is 10.2 Å². The maximum atomic E-state index is 12.7. The van der Waals surface area contributed by atoms with Crippen LogP contribution in [0, 0.1) is 0 Å². The molecule has 5 nitrogen and oxygen atoms in total. The molecular weight excluding hydrogens is 364 g/mol. The molecule has 7 heteroatoms. The zero-order valence-corrected chi connectivity index (χ0v) is 15.3. The molecule has 128 valence electrons. The summed E-state index contributed by atoms with van der Waals surface area (Å²) in [6.07, 6.45) is 4.17. The van der Waals surface area contributed by atoms with Crippen LogP contribution < -0.4 is 5.32 Å². The highest BCUT2D eigenvalue weighted by Gasteiger charge is 2.26. The van der Waals surface area contributed by atoms with E-state index in [2.05, 4.69) is 26.3 Å². The molecule has 5 rings (SSSR count). The third-order valence-electron chi connectivity index (χ3n) is 4.28. The van der Waals surface area contributed by atoms with Crippen molar-refractivity contribution in [2.45, 2.75) is 18.8 Å². The lowest BCUT2D eigenvalue weighted by molar-refractivity contribution is 0.103. The van der Waals surface area contributed by atoms with Gasteiger partial charge in [-0.3, -0.25) is 9.78 Å². The topological polar surface area (TPSA) is 67.8 Å². The largest absolute Gasteiger partial charge is 0.305 e. The Labute approximate surface area is 157 Å². The number of aromatic nitrogens is 3. The summed E-state index contributed by atoms with van der Waals surface area (Å²) in [6, 6.07) is 11.5. The highest BCUT2D eigenvalue weighted by Crippen LogP contribution is 2.43. The summed E-state index contributed by atoms with van der Waals surface area (Å²) in [4.78, 5) is 29.0. The lowest BCUT2D eigenvalue weighted by atomic mass is 10.3. The van der Waals surface area contributed by atoms with Gasteiger partial charge in [0, 0.05) is 11.1 Å². The second-order valence-electron chi connectivity index (χ2n) is 6.18. The average molecular weight is 378 g/mol. The molecule has 4 aromatic rings. The molecule has 1 saturated carbocycles. The van der Waals surface area contributed by atoms with Crippen molar-refractivity contribution < 1.29 is 4.79 Å². The van der Waals surface area contributed by atoms with Gasteiger partial charge in [-0.1, -0.05) is 6.07 Å². The summed E-state index contributed by atoms with van der Waals surface area (Å²) in [5.74, 6) is 1.57. The zero-order chi connectivity index (χ0) is 17.5. The molecule has 0 aliphatic heterocycles. The first kappa shape index (κ1) is 15.6. The van der Waals surface area contributed by atoms with Gasteiger partial charge in [-0.05, 0) is 54.5 Å². The number of fused-ring (bicyclic) bond motifs is 1. The molecule has 1 amide bonds. The van der Waals surface area contributed by atoms with Crippen LogP contribution in [0.15, 0.2) is 48.0 Å². The maximum absolute atomic E-state index is 12.7. The van der Waals surface area contributed by atoms with E-state index in [0.29, 0.717) is 28.1 Å². The monoisotopic (exact) mass is 378 g/mol. The van der Waals surface area contributed by atoms with Crippen molar-refractivity contribution in [3.8, 4) is 11.5 Å². The van der Waals surface area contributed by atoms with Crippen LogP contribution in [0.3, 0.4) is 0 Å². The molecule has 26 heavy (non-hydrogen) atoms. The van der Waals surface area contributed by atoms with Crippen LogP contribution in [0.25, 0.3) is 21.7 Å². The van der Waals surface area contributed by atoms with Crippen molar-refractivity contribution >= 4 is 44.6 Å². The van der Waals surface area contributed by atoms with E-state index < -0.39 is 0 Å². The van der Waals surface area contributed by atoms with Gasteiger partial charge in [0.05, 0.1) is 10.3 Å². The molecule has 0 atom stereocenters. The molecule has 0 saturated heterocycles. The van der Waals surface area contributed by atoms with Gasteiger partial charge in [0.15, 0.2) is 5.82 Å². The molecule has 4 heterocycles. The quantitative estimate of drug-likeness (QED) is 0.546. The predicted molar refractivity (Wildman–Crippen MR) is 105 cm³/mol. The van der Waals surface area contributed by atoms with Crippen LogP contribution in [0.4, 0.5) is 5.82 Å². The summed E-state index contributed by atoms with van der Waals surface area (Å²) in [6.45, 7) is 0. The van der Waals surface area contributed by atoms with E-state index >= 15 is 0 Å². The van der Waals surface area contributed by atoms with E-state index in [1.54, 1.807) is 17.5 Å². The van der Waals surface area contributed by atoms with Crippen molar-refractivity contribution in [1.82, 2.24) is 15.0 Å². The van der Waals surface area contributed by atoms with Gasteiger partial charge in [0.2, 0.25) is 0 Å². The highest BCUT2D eigenvalue weighted by molar-refractivity contribution is 7.16. The molecule has 1 aliphatic carbocycles. The Morgan fingerprint density at radius 3 is 2.85 bits per heavy atom. The summed E-state index contributed by atoms with van der Waals surface area (Å²) < 4.78 is 0. The Morgan fingerprint density at radius 1 is 1.12 bits per heavy atom. The number of nitrogens with zero attached hydrogens (tertiary/aromatic N) is 3. The Hall–Kier alpha value is -2.64. The lowest BCUT2D eigenvalue weighted by Gasteiger charge is -2.07. The number of nitrogens with one attached hydrogen (secondary N) is 1. The van der Waals surface area contributed by atoms with Gasteiger partial charge in [-0.25, -0.2) is 9.97 Å². The van der Waals surface area contributed by atoms with E-state index in [1.807, 2.05) is 35.7 Å². The van der Waals surface area contributed by atoms with E-state index in [4.69, 9.17) is 0 Å². The first-order valence-corrected chi connectivity index (χ1v) is 10.1. The van der Waals surface area contributed by atoms with Gasteiger partial charge in [-0.2, -0.15) is 0 Å². The SMILES string of the molecule is O=C(Nc1nc(-c2ccccn2)nc2sccc12)c1ccc(C2CC2)s1. The van der Waals surface area contributed by atoms with Crippen LogP contribution in [0.1, 0.15) is 33.3 Å². The minimum Gasteiger partial charge on any atom is -0.305 e. The standard InChI is InChI=1S/C19H14N4OS2/c24-18(15-7-6-14(26-15)11-4-5-11)22-16-12-8-10-25-19(12)23-17(21-16)13-3-1-2-9-20-13/h1-3,6-11H,4-5H2,(H,21,22,23,24). The number of carbonyl (C=O) groups is 1. The number of carbonyl (C=O) groups excluding carboxylic acids is 1. The summed E-state index contributed by atoms with van der Waals surface area (Å²) in [5, 5.41) is 5.77. The minimum atomic E-state index is -0.125. The summed E-state index contributed by atoms with van der Waals surface area (Å²) in [7, 11) is 0. The molecule has 0 unspecified atom stereocenters. The van der Waals surface area contributed by atoms with Gasteiger partial charge < -0.3 is 5.32 Å². The Balaban J connectivity index is 1.50. The van der Waals surface area contributed by atoms with Crippen molar-refractivity contribution in [3.63, 3.8) is 0 Å². The molecule has 0 bridgehead atoms. The fourth-order valence-corrected chi connectivity index (χ4v) is 4.63. The molecule has 4 aromatic heterocycles. The van der Waals surface area contributed by atoms with E-state index in [-0.39, 0.29) is 5.91 Å². The number of rotatable bonds is 4. The number of hydrogen-bond donors (Lipinski definition) is 1. The van der Waals surface area contributed by atoms with Gasteiger partial charge in [0.1, 0.15) is 16.3 Å². The fraction of sp³-hybridized carbons (Fsp3) is 0.158. The average Bonchev–Trinajstić information content (AvgIpc) is 3.20. The highest BCUT2D eigenvalue weighted by atomic mass is 32.1. The number of hydrogen-bond acceptors (Lipinski definition) is 6. The molecule has 1 fully saturated rings. The summed E-state index contributed by atoms with van der Waals surface area (Å²) in [5.41, 5.74) is 0.686. The number of thiophene rings is 2. The van der Waals surface area contributed by atoms with Gasteiger partial charge in [0.25, 0.3) is 5.91 Å². The van der Waals surface area contributed by atoms with Crippen LogP contribution in [-0.2, 0) is 0 Å². The number of amides is 1. The molecule has 0 spiro atoms. The van der Waals surface area contributed by atoms with Crippen molar-refractivity contribution in [2.24, 2.45) is 0 Å². The third-order valence-corrected chi connectivity index (χ3v) is 6.33. The van der Waals surface area contributed by atoms with Crippen LogP contribution in [0.5, 0.6) is 0 Å². The van der Waals surface area contributed by atoms with Crippen LogP contribution in [0.2, 0.25) is 0 Å². The third kappa shape index (κ3) is 2.89. The zero-order valence-electron chi connectivity index (χ0n) is 13.7. The fourth-order valence-electron chi connectivity index (χ4n) is 2.79. The predicted octanol–water partition coefficient (Wildman–Crippen LogP) is 4.94. The smallest absolute Gasteiger partial charge is 0.266 e. The minimum absolute atomic E-state index is 0.125. The van der Waals surface area contributed by atoms with Crippen LogP contribution in [-0.4, -0.2) is 20.9 Å². The second kappa shape index (κ2) is 6.26. The Bertz CT molecular complexity index is 1100. The lowest BCUT2D eigenvalue weighted by Crippen LogP contribution is -2.12. The van der Waals surface area contributed by atoms with E-state index in [9.17, 15) is 4.79 Å². The molecule has 0 aromatic carbocycles. The van der Waals surface area contributed by atoms with Crippen molar-refractivity contribution in [3.05, 3.63) is 57.7 Å². The first-order valence-electron chi connectivity index (χ1n) is 8.35. The summed E-state index contributed by atoms with van der Waals surface area (Å²) >= 11 is 3.10. The van der Waals surface area contributed by atoms with Gasteiger partial charge >= 0.3 is 0 Å².